The molecular formula is C20H22F3N5O. The van der Waals surface area contributed by atoms with Crippen LogP contribution in [0.2, 0.25) is 0 Å². The number of benzene rings is 1. The van der Waals surface area contributed by atoms with Gasteiger partial charge in [-0.3, -0.25) is 4.99 Å². The van der Waals surface area contributed by atoms with Crippen LogP contribution in [0.4, 0.5) is 13.2 Å². The highest BCUT2D eigenvalue weighted by Crippen LogP contribution is 2.18. The summed E-state index contributed by atoms with van der Waals surface area (Å²) in [7, 11) is 1.66. The highest BCUT2D eigenvalue weighted by Gasteiger charge is 2.28. The Morgan fingerprint density at radius 1 is 1.10 bits per heavy atom. The predicted molar refractivity (Wildman–Crippen MR) is 105 cm³/mol. The molecule has 2 heterocycles. The molecule has 0 amide bonds. The van der Waals surface area contributed by atoms with Crippen molar-refractivity contribution in [2.75, 3.05) is 13.7 Å². The molecule has 0 aliphatic carbocycles. The number of imidazole rings is 1. The average molecular weight is 405 g/mol. The number of hydrogen-bond acceptors (Lipinski definition) is 3. The molecular weight excluding hydrogens is 383 g/mol. The van der Waals surface area contributed by atoms with E-state index in [1.54, 1.807) is 19.2 Å². The van der Waals surface area contributed by atoms with Crippen molar-refractivity contribution in [2.24, 2.45) is 4.99 Å². The van der Waals surface area contributed by atoms with Gasteiger partial charge in [0.1, 0.15) is 11.4 Å². The molecule has 0 aliphatic heterocycles. The fourth-order valence-electron chi connectivity index (χ4n) is 2.73. The van der Waals surface area contributed by atoms with E-state index in [2.05, 4.69) is 20.6 Å². The standard InChI is InChI=1S/C20H22F3N5O/c1-14-4-3-5-18-27-16(12-28(14)18)11-26-19(24-2)25-10-15-6-8-17(9-7-15)29-13-20(21,22)23/h3-9,12H,10-11,13H2,1-2H3,(H2,24,25,26). The molecule has 0 atom stereocenters. The van der Waals surface area contributed by atoms with Gasteiger partial charge in [-0.25, -0.2) is 4.98 Å². The molecule has 3 rings (SSSR count). The third-order valence-electron chi connectivity index (χ3n) is 4.19. The van der Waals surface area contributed by atoms with Gasteiger partial charge in [0.15, 0.2) is 12.6 Å². The van der Waals surface area contributed by atoms with Crippen molar-refractivity contribution >= 4 is 11.6 Å². The van der Waals surface area contributed by atoms with Gasteiger partial charge >= 0.3 is 6.18 Å². The number of aryl methyl sites for hydroxylation is 1. The molecule has 3 aromatic rings. The Balaban J connectivity index is 1.50. The van der Waals surface area contributed by atoms with E-state index in [1.807, 2.05) is 35.7 Å². The molecule has 29 heavy (non-hydrogen) atoms. The summed E-state index contributed by atoms with van der Waals surface area (Å²) in [6.45, 7) is 1.68. The third-order valence-corrected chi connectivity index (χ3v) is 4.19. The van der Waals surface area contributed by atoms with Crippen molar-refractivity contribution in [3.63, 3.8) is 0 Å². The minimum Gasteiger partial charge on any atom is -0.484 e. The van der Waals surface area contributed by atoms with E-state index < -0.39 is 12.8 Å². The number of rotatable bonds is 6. The van der Waals surface area contributed by atoms with Gasteiger partial charge in [-0.05, 0) is 36.8 Å². The number of halogens is 3. The van der Waals surface area contributed by atoms with Crippen LogP contribution in [0.1, 0.15) is 17.0 Å². The van der Waals surface area contributed by atoms with E-state index in [0.717, 1.165) is 22.6 Å². The van der Waals surface area contributed by atoms with Crippen molar-refractivity contribution in [3.05, 3.63) is 65.6 Å². The maximum Gasteiger partial charge on any atom is 0.422 e. The Morgan fingerprint density at radius 2 is 1.83 bits per heavy atom. The minimum absolute atomic E-state index is 0.177. The molecule has 154 valence electrons. The Morgan fingerprint density at radius 3 is 2.48 bits per heavy atom. The summed E-state index contributed by atoms with van der Waals surface area (Å²) in [4.78, 5) is 8.74. The summed E-state index contributed by atoms with van der Waals surface area (Å²) in [6, 6.07) is 12.4. The Labute approximate surface area is 166 Å². The summed E-state index contributed by atoms with van der Waals surface area (Å²) in [5.74, 6) is 0.770. The molecule has 0 saturated heterocycles. The van der Waals surface area contributed by atoms with Crippen molar-refractivity contribution in [1.82, 2.24) is 20.0 Å². The summed E-state index contributed by atoms with van der Waals surface area (Å²) in [6.07, 6.45) is -2.37. The second-order valence-corrected chi connectivity index (χ2v) is 6.45. The Hall–Kier alpha value is -3.23. The quantitative estimate of drug-likeness (QED) is 0.487. The molecule has 0 aliphatic rings. The number of fused-ring (bicyclic) bond motifs is 1. The van der Waals surface area contributed by atoms with Gasteiger partial charge in [0.05, 0.1) is 12.2 Å². The van der Waals surface area contributed by atoms with Crippen LogP contribution in [0.5, 0.6) is 5.75 Å². The van der Waals surface area contributed by atoms with Crippen LogP contribution in [-0.2, 0) is 13.1 Å². The van der Waals surface area contributed by atoms with Crippen LogP contribution in [0.25, 0.3) is 5.65 Å². The zero-order chi connectivity index (χ0) is 20.9. The van der Waals surface area contributed by atoms with Crippen molar-refractivity contribution in [3.8, 4) is 5.75 Å². The maximum absolute atomic E-state index is 12.2. The fourth-order valence-corrected chi connectivity index (χ4v) is 2.73. The normalized spacial score (nSPS) is 12.2. The van der Waals surface area contributed by atoms with Crippen LogP contribution >= 0.6 is 0 Å². The lowest BCUT2D eigenvalue weighted by atomic mass is 10.2. The fraction of sp³-hybridized carbons (Fsp3) is 0.300. The molecule has 0 saturated carbocycles. The number of nitrogens with one attached hydrogen (secondary N) is 2. The SMILES string of the molecule is CN=C(NCc1ccc(OCC(F)(F)F)cc1)NCc1cn2c(C)cccc2n1. The number of hydrogen-bond donors (Lipinski definition) is 2. The number of aromatic nitrogens is 2. The molecule has 2 aromatic heterocycles. The molecule has 0 unspecified atom stereocenters. The van der Waals surface area contributed by atoms with E-state index in [4.69, 9.17) is 4.74 Å². The largest absolute Gasteiger partial charge is 0.484 e. The molecule has 9 heteroatoms. The minimum atomic E-state index is -4.35. The smallest absolute Gasteiger partial charge is 0.422 e. The van der Waals surface area contributed by atoms with E-state index in [1.165, 1.54) is 12.1 Å². The van der Waals surface area contributed by atoms with E-state index >= 15 is 0 Å². The molecule has 0 spiro atoms. The first-order valence-corrected chi connectivity index (χ1v) is 9.01. The Kier molecular flexibility index (Phi) is 6.26. The molecule has 0 radical (unpaired) electrons. The van der Waals surface area contributed by atoms with E-state index in [-0.39, 0.29) is 5.75 Å². The second kappa shape index (κ2) is 8.85. The van der Waals surface area contributed by atoms with E-state index in [9.17, 15) is 13.2 Å². The monoisotopic (exact) mass is 405 g/mol. The molecule has 2 N–H and O–H groups in total. The van der Waals surface area contributed by atoms with Gasteiger partial charge < -0.3 is 19.8 Å². The zero-order valence-corrected chi connectivity index (χ0v) is 16.1. The number of guanidine groups is 1. The van der Waals surface area contributed by atoms with E-state index in [0.29, 0.717) is 19.0 Å². The first-order chi connectivity index (χ1) is 13.8. The molecule has 6 nitrogen and oxygen atoms in total. The lowest BCUT2D eigenvalue weighted by Gasteiger charge is -2.12. The topological polar surface area (TPSA) is 63.0 Å². The molecule has 1 aromatic carbocycles. The highest BCUT2D eigenvalue weighted by atomic mass is 19.4. The molecule has 0 bridgehead atoms. The lowest BCUT2D eigenvalue weighted by Crippen LogP contribution is -2.36. The maximum atomic E-state index is 12.2. The van der Waals surface area contributed by atoms with Gasteiger partial charge in [0, 0.05) is 25.5 Å². The summed E-state index contributed by atoms with van der Waals surface area (Å²) in [5.41, 5.74) is 3.76. The molecule has 0 fully saturated rings. The van der Waals surface area contributed by atoms with Gasteiger partial charge in [0.2, 0.25) is 0 Å². The van der Waals surface area contributed by atoms with Crippen molar-refractivity contribution < 1.29 is 17.9 Å². The van der Waals surface area contributed by atoms with Crippen LogP contribution in [0.15, 0.2) is 53.7 Å². The van der Waals surface area contributed by atoms with Gasteiger partial charge in [-0.2, -0.15) is 13.2 Å². The van der Waals surface area contributed by atoms with Crippen molar-refractivity contribution in [1.29, 1.82) is 0 Å². The van der Waals surface area contributed by atoms with Crippen LogP contribution in [-0.4, -0.2) is 35.2 Å². The summed E-state index contributed by atoms with van der Waals surface area (Å²) in [5, 5.41) is 6.36. The number of ether oxygens (including phenoxy) is 1. The summed E-state index contributed by atoms with van der Waals surface area (Å²) < 4.78 is 43.3. The van der Waals surface area contributed by atoms with Crippen molar-refractivity contribution in [2.45, 2.75) is 26.2 Å². The Bertz CT molecular complexity index is 980. The van der Waals surface area contributed by atoms with Gasteiger partial charge in [-0.15, -0.1) is 0 Å². The van der Waals surface area contributed by atoms with Gasteiger partial charge in [0.25, 0.3) is 0 Å². The highest BCUT2D eigenvalue weighted by molar-refractivity contribution is 5.79. The number of pyridine rings is 1. The lowest BCUT2D eigenvalue weighted by molar-refractivity contribution is -0.153. The van der Waals surface area contributed by atoms with Crippen LogP contribution < -0.4 is 15.4 Å². The number of aliphatic imine (C=N–C) groups is 1. The first kappa shape index (κ1) is 20.5. The number of nitrogens with zero attached hydrogens (tertiary/aromatic N) is 3. The predicted octanol–water partition coefficient (Wildman–Crippen LogP) is 3.45. The summed E-state index contributed by atoms with van der Waals surface area (Å²) >= 11 is 0. The first-order valence-electron chi connectivity index (χ1n) is 9.01. The van der Waals surface area contributed by atoms with Crippen LogP contribution in [0.3, 0.4) is 0 Å². The number of alkyl halides is 3. The van der Waals surface area contributed by atoms with Gasteiger partial charge in [-0.1, -0.05) is 18.2 Å². The van der Waals surface area contributed by atoms with Crippen LogP contribution in [0, 0.1) is 6.92 Å². The second-order valence-electron chi connectivity index (χ2n) is 6.45. The zero-order valence-electron chi connectivity index (χ0n) is 16.1. The third kappa shape index (κ3) is 5.87. The average Bonchev–Trinajstić information content (AvgIpc) is 3.11.